The number of ether oxygens (including phenoxy) is 1. The van der Waals surface area contributed by atoms with E-state index in [0.29, 0.717) is 38.3 Å². The molecule has 142 valence electrons. The summed E-state index contributed by atoms with van der Waals surface area (Å²) in [4.78, 5) is 37.0. The Morgan fingerprint density at radius 2 is 1.81 bits per heavy atom. The molecule has 1 fully saturated rings. The van der Waals surface area contributed by atoms with E-state index in [0.717, 1.165) is 22.6 Å². The van der Waals surface area contributed by atoms with Gasteiger partial charge in [-0.15, -0.1) is 0 Å². The molecule has 2 heterocycles. The van der Waals surface area contributed by atoms with E-state index >= 15 is 0 Å². The average molecular weight is 368 g/mol. The molecule has 0 saturated carbocycles. The Hall–Kier alpha value is -2.96. The lowest BCUT2D eigenvalue weighted by molar-refractivity contribution is 0.0570. The fourth-order valence-electron chi connectivity index (χ4n) is 3.10. The van der Waals surface area contributed by atoms with Gasteiger partial charge in [0.2, 0.25) is 0 Å². The molecular weight excluding hydrogens is 344 g/mol. The summed E-state index contributed by atoms with van der Waals surface area (Å²) in [5.41, 5.74) is 3.94. The van der Waals surface area contributed by atoms with E-state index in [4.69, 9.17) is 4.74 Å². The molecule has 2 amide bonds. The van der Waals surface area contributed by atoms with Crippen LogP contribution in [0.15, 0.2) is 30.5 Å². The molecule has 0 bridgehead atoms. The first-order valence-corrected chi connectivity index (χ1v) is 9.11. The molecule has 0 radical (unpaired) electrons. The van der Waals surface area contributed by atoms with Crippen LogP contribution in [-0.4, -0.2) is 64.6 Å². The largest absolute Gasteiger partial charge is 0.450 e. The molecule has 7 nitrogen and oxygen atoms in total. The van der Waals surface area contributed by atoms with Crippen LogP contribution in [0, 0.1) is 13.8 Å². The molecule has 0 N–H and O–H groups in total. The maximum Gasteiger partial charge on any atom is 0.409 e. The number of rotatable bonds is 3. The lowest BCUT2D eigenvalue weighted by Crippen LogP contribution is -2.50. The summed E-state index contributed by atoms with van der Waals surface area (Å²) in [5.74, 6) is -0.0429. The first-order valence-electron chi connectivity index (χ1n) is 9.11. The lowest BCUT2D eigenvalue weighted by Gasteiger charge is -2.34. The Bertz CT molecular complexity index is 845. The topological polar surface area (TPSA) is 75.6 Å². The third-order valence-electron chi connectivity index (χ3n) is 4.55. The van der Waals surface area contributed by atoms with Crippen molar-refractivity contribution in [2.45, 2.75) is 20.8 Å². The van der Waals surface area contributed by atoms with Crippen molar-refractivity contribution in [1.82, 2.24) is 19.8 Å². The number of nitrogens with zero attached hydrogens (tertiary/aromatic N) is 4. The van der Waals surface area contributed by atoms with Crippen molar-refractivity contribution in [3.63, 3.8) is 0 Å². The van der Waals surface area contributed by atoms with Gasteiger partial charge < -0.3 is 14.5 Å². The Balaban J connectivity index is 1.73. The molecule has 0 aliphatic carbocycles. The van der Waals surface area contributed by atoms with Crippen LogP contribution in [0.3, 0.4) is 0 Å². The van der Waals surface area contributed by atoms with Crippen molar-refractivity contribution in [3.05, 3.63) is 47.4 Å². The van der Waals surface area contributed by atoms with Gasteiger partial charge in [-0.05, 0) is 32.9 Å². The molecule has 1 aliphatic rings. The smallest absolute Gasteiger partial charge is 0.409 e. The second-order valence-corrected chi connectivity index (χ2v) is 6.50. The number of aromatic nitrogens is 2. The highest BCUT2D eigenvalue weighted by atomic mass is 16.6. The van der Waals surface area contributed by atoms with Crippen molar-refractivity contribution in [1.29, 1.82) is 0 Å². The van der Waals surface area contributed by atoms with Crippen LogP contribution in [-0.2, 0) is 4.74 Å². The van der Waals surface area contributed by atoms with E-state index in [9.17, 15) is 9.59 Å². The fourth-order valence-corrected chi connectivity index (χ4v) is 3.10. The minimum Gasteiger partial charge on any atom is -0.450 e. The summed E-state index contributed by atoms with van der Waals surface area (Å²) < 4.78 is 5.02. The molecule has 0 unspecified atom stereocenters. The molecule has 3 rings (SSSR count). The van der Waals surface area contributed by atoms with Crippen LogP contribution >= 0.6 is 0 Å². The SMILES string of the molecule is CCOC(=O)N1CCN(C(=O)c2cccc(-c3nc(C)cnc3C)c2)CC1. The van der Waals surface area contributed by atoms with Gasteiger partial charge in [0.1, 0.15) is 0 Å². The summed E-state index contributed by atoms with van der Waals surface area (Å²) in [6.07, 6.45) is 1.41. The van der Waals surface area contributed by atoms with Crippen LogP contribution in [0.5, 0.6) is 0 Å². The molecular formula is C20H24N4O3. The summed E-state index contributed by atoms with van der Waals surface area (Å²) in [7, 11) is 0. The van der Waals surface area contributed by atoms with Crippen molar-refractivity contribution in [2.75, 3.05) is 32.8 Å². The predicted octanol–water partition coefficient (Wildman–Crippen LogP) is 2.67. The van der Waals surface area contributed by atoms with Gasteiger partial charge in [0, 0.05) is 43.5 Å². The van der Waals surface area contributed by atoms with Crippen LogP contribution in [0.4, 0.5) is 4.79 Å². The zero-order valence-electron chi connectivity index (χ0n) is 15.9. The second-order valence-electron chi connectivity index (χ2n) is 6.50. The number of piperazine rings is 1. The molecule has 2 aromatic rings. The standard InChI is InChI=1S/C20H24N4O3/c1-4-27-20(26)24-10-8-23(9-11-24)19(25)17-7-5-6-16(12-17)18-15(3)21-13-14(2)22-18/h5-7,12-13H,4,8-11H2,1-3H3. The zero-order valence-corrected chi connectivity index (χ0v) is 15.9. The van der Waals surface area contributed by atoms with Crippen LogP contribution in [0.2, 0.25) is 0 Å². The average Bonchev–Trinajstić information content (AvgIpc) is 2.69. The predicted molar refractivity (Wildman–Crippen MR) is 101 cm³/mol. The molecule has 1 aromatic heterocycles. The van der Waals surface area contributed by atoms with Gasteiger partial charge in [-0.25, -0.2) is 9.78 Å². The van der Waals surface area contributed by atoms with Crippen molar-refractivity contribution < 1.29 is 14.3 Å². The normalized spacial score (nSPS) is 14.2. The minimum atomic E-state index is -0.319. The summed E-state index contributed by atoms with van der Waals surface area (Å²) in [5, 5.41) is 0. The van der Waals surface area contributed by atoms with E-state index in [2.05, 4.69) is 9.97 Å². The summed E-state index contributed by atoms with van der Waals surface area (Å²) in [6, 6.07) is 7.46. The molecule has 0 spiro atoms. The Morgan fingerprint density at radius 1 is 1.11 bits per heavy atom. The highest BCUT2D eigenvalue weighted by molar-refractivity contribution is 5.95. The quantitative estimate of drug-likeness (QED) is 0.833. The number of hydrogen-bond donors (Lipinski definition) is 0. The first-order chi connectivity index (χ1) is 13.0. The van der Waals surface area contributed by atoms with Gasteiger partial charge in [0.05, 0.1) is 23.7 Å². The van der Waals surface area contributed by atoms with Crippen LogP contribution in [0.1, 0.15) is 28.7 Å². The highest BCUT2D eigenvalue weighted by Crippen LogP contribution is 2.22. The number of carbonyl (C=O) groups is 2. The van der Waals surface area contributed by atoms with E-state index in [1.165, 1.54) is 0 Å². The number of amides is 2. The van der Waals surface area contributed by atoms with Gasteiger partial charge in [-0.1, -0.05) is 12.1 Å². The molecule has 1 aromatic carbocycles. The molecule has 0 atom stereocenters. The van der Waals surface area contributed by atoms with Gasteiger partial charge in [-0.3, -0.25) is 9.78 Å². The van der Waals surface area contributed by atoms with Gasteiger partial charge in [0.25, 0.3) is 5.91 Å². The Morgan fingerprint density at radius 3 is 2.52 bits per heavy atom. The number of carbonyl (C=O) groups excluding carboxylic acids is 2. The van der Waals surface area contributed by atoms with Crippen molar-refractivity contribution in [3.8, 4) is 11.3 Å². The number of aryl methyl sites for hydroxylation is 2. The fraction of sp³-hybridized carbons (Fsp3) is 0.400. The third-order valence-corrected chi connectivity index (χ3v) is 4.55. The van der Waals surface area contributed by atoms with Gasteiger partial charge in [-0.2, -0.15) is 0 Å². The number of hydrogen-bond acceptors (Lipinski definition) is 5. The maximum atomic E-state index is 12.9. The number of benzene rings is 1. The van der Waals surface area contributed by atoms with Crippen LogP contribution in [0.25, 0.3) is 11.3 Å². The third kappa shape index (κ3) is 4.24. The van der Waals surface area contributed by atoms with E-state index in [1.54, 1.807) is 22.9 Å². The Labute approximate surface area is 159 Å². The zero-order chi connectivity index (χ0) is 19.4. The Kier molecular flexibility index (Phi) is 5.69. The van der Waals surface area contributed by atoms with E-state index in [1.807, 2.05) is 38.1 Å². The minimum absolute atomic E-state index is 0.0429. The van der Waals surface area contributed by atoms with E-state index in [-0.39, 0.29) is 12.0 Å². The second kappa shape index (κ2) is 8.16. The monoisotopic (exact) mass is 368 g/mol. The van der Waals surface area contributed by atoms with Crippen molar-refractivity contribution in [2.24, 2.45) is 0 Å². The first kappa shape index (κ1) is 18.8. The van der Waals surface area contributed by atoms with Crippen molar-refractivity contribution >= 4 is 12.0 Å². The highest BCUT2D eigenvalue weighted by Gasteiger charge is 2.25. The molecule has 1 aliphatic heterocycles. The molecule has 27 heavy (non-hydrogen) atoms. The summed E-state index contributed by atoms with van der Waals surface area (Å²) in [6.45, 7) is 7.88. The van der Waals surface area contributed by atoms with Gasteiger partial charge in [0.15, 0.2) is 0 Å². The molecule has 1 saturated heterocycles. The van der Waals surface area contributed by atoms with E-state index < -0.39 is 0 Å². The van der Waals surface area contributed by atoms with Crippen LogP contribution < -0.4 is 0 Å². The molecule has 7 heteroatoms. The lowest BCUT2D eigenvalue weighted by atomic mass is 10.1. The van der Waals surface area contributed by atoms with Gasteiger partial charge >= 0.3 is 6.09 Å². The summed E-state index contributed by atoms with van der Waals surface area (Å²) >= 11 is 0. The maximum absolute atomic E-state index is 12.9.